The fourth-order valence-electron chi connectivity index (χ4n) is 5.69. The number of nitrogens with zero attached hydrogens (tertiary/aromatic N) is 2. The topological polar surface area (TPSA) is 118 Å². The van der Waals surface area contributed by atoms with Crippen molar-refractivity contribution in [3.8, 4) is 0 Å². The molecule has 1 aromatic rings. The van der Waals surface area contributed by atoms with Crippen LogP contribution in [0.5, 0.6) is 0 Å². The van der Waals surface area contributed by atoms with Gasteiger partial charge in [-0.15, -0.1) is 0 Å². The van der Waals surface area contributed by atoms with Gasteiger partial charge in [0.2, 0.25) is 0 Å². The highest BCUT2D eigenvalue weighted by atomic mass is 32.2. The van der Waals surface area contributed by atoms with E-state index in [9.17, 15) is 23.1 Å². The maximum absolute atomic E-state index is 13.1. The number of hydrogen-bond acceptors (Lipinski definition) is 5. The molecule has 3 rings (SSSR count). The van der Waals surface area contributed by atoms with Gasteiger partial charge in [-0.3, -0.25) is 9.48 Å². The van der Waals surface area contributed by atoms with E-state index in [1.807, 2.05) is 0 Å². The molecule has 0 bridgehead atoms. The molecule has 1 heterocycles. The van der Waals surface area contributed by atoms with Gasteiger partial charge in [0.05, 0.1) is 5.75 Å². The molecule has 2 aliphatic carbocycles. The van der Waals surface area contributed by atoms with Crippen LogP contribution < -0.4 is 5.32 Å². The molecule has 1 amide bonds. The molecule has 2 saturated carbocycles. The van der Waals surface area contributed by atoms with E-state index < -0.39 is 27.8 Å². The number of carboxylic acids is 1. The third kappa shape index (κ3) is 6.80. The summed E-state index contributed by atoms with van der Waals surface area (Å²) in [6.07, 6.45) is 14.0. The van der Waals surface area contributed by atoms with Crippen molar-refractivity contribution in [3.63, 3.8) is 0 Å². The third-order valence-electron chi connectivity index (χ3n) is 7.16. The van der Waals surface area contributed by atoms with E-state index >= 15 is 0 Å². The van der Waals surface area contributed by atoms with E-state index in [0.29, 0.717) is 18.3 Å². The van der Waals surface area contributed by atoms with Crippen molar-refractivity contribution in [2.24, 2.45) is 17.8 Å². The first-order valence-corrected chi connectivity index (χ1v) is 14.1. The number of carboxylic acid groups (broad SMARTS) is 1. The summed E-state index contributed by atoms with van der Waals surface area (Å²) in [7, 11) is -3.10. The van der Waals surface area contributed by atoms with Gasteiger partial charge in [0, 0.05) is 19.0 Å². The first-order chi connectivity index (χ1) is 15.3. The molecule has 2 fully saturated rings. The number of carbonyl (C=O) groups is 2. The van der Waals surface area contributed by atoms with Crippen LogP contribution in [0, 0.1) is 17.8 Å². The summed E-state index contributed by atoms with van der Waals surface area (Å²) in [6.45, 7) is 0.287. The molecule has 0 radical (unpaired) electrons. The standard InChI is InChI=1S/C23H37N3O5S/c1-32(30,31)16-8-15-26-19(13-14-24-26)22(27)25-21(23(28)29)20(17-9-4-2-5-10-17)18-11-6-3-7-12-18/h13-14,17-18,20-21H,2-12,15-16H2,1H3,(H,25,27)(H,28,29)/t21-/m0/s1. The average molecular weight is 468 g/mol. The normalized spacial score (nSPS) is 19.7. The fraction of sp³-hybridized carbons (Fsp3) is 0.783. The molecule has 2 aliphatic rings. The molecular formula is C23H37N3O5S. The van der Waals surface area contributed by atoms with Crippen molar-refractivity contribution in [2.45, 2.75) is 83.2 Å². The number of aliphatic carboxylic acids is 1. The van der Waals surface area contributed by atoms with Gasteiger partial charge in [-0.05, 0) is 30.2 Å². The minimum atomic E-state index is -3.10. The van der Waals surface area contributed by atoms with Crippen LogP contribution >= 0.6 is 0 Å². The number of aromatic nitrogens is 2. The summed E-state index contributed by atoms with van der Waals surface area (Å²) in [6, 6.07) is 0.637. The lowest BCUT2D eigenvalue weighted by molar-refractivity contribution is -0.142. The summed E-state index contributed by atoms with van der Waals surface area (Å²) in [4.78, 5) is 25.5. The Morgan fingerprint density at radius 3 is 2.16 bits per heavy atom. The lowest BCUT2D eigenvalue weighted by Crippen LogP contribution is -2.51. The Balaban J connectivity index is 1.76. The van der Waals surface area contributed by atoms with Crippen molar-refractivity contribution < 1.29 is 23.1 Å². The quantitative estimate of drug-likeness (QED) is 0.545. The molecule has 8 nitrogen and oxygen atoms in total. The van der Waals surface area contributed by atoms with Crippen LogP contribution in [0.1, 0.15) is 81.1 Å². The number of amides is 1. The summed E-state index contributed by atoms with van der Waals surface area (Å²) in [5.41, 5.74) is 0.274. The minimum absolute atomic E-state index is 0.0110. The van der Waals surface area contributed by atoms with Crippen LogP contribution in [-0.4, -0.2) is 53.2 Å². The summed E-state index contributed by atoms with van der Waals surface area (Å²) in [5.74, 6) is -0.815. The first kappa shape index (κ1) is 24.7. The molecule has 0 saturated heterocycles. The van der Waals surface area contributed by atoms with Gasteiger partial charge in [-0.2, -0.15) is 5.10 Å². The highest BCUT2D eigenvalue weighted by Crippen LogP contribution is 2.41. The van der Waals surface area contributed by atoms with Crippen LogP contribution in [-0.2, 0) is 21.2 Å². The summed E-state index contributed by atoms with van der Waals surface area (Å²) >= 11 is 0. The molecule has 0 spiro atoms. The second-order valence-electron chi connectivity index (χ2n) is 9.59. The van der Waals surface area contributed by atoms with Gasteiger partial charge >= 0.3 is 5.97 Å². The molecule has 0 aromatic carbocycles. The van der Waals surface area contributed by atoms with Gasteiger partial charge in [0.1, 0.15) is 21.6 Å². The number of sulfone groups is 1. The Bertz CT molecular complexity index is 852. The predicted molar refractivity (Wildman–Crippen MR) is 122 cm³/mol. The van der Waals surface area contributed by atoms with Gasteiger partial charge in [0.25, 0.3) is 5.91 Å². The molecule has 2 N–H and O–H groups in total. The number of nitrogens with one attached hydrogen (secondary N) is 1. The number of hydrogen-bond donors (Lipinski definition) is 2. The van der Waals surface area contributed by atoms with E-state index in [1.54, 1.807) is 6.07 Å². The van der Waals surface area contributed by atoms with Crippen molar-refractivity contribution in [1.29, 1.82) is 0 Å². The number of aryl methyl sites for hydroxylation is 1. The molecule has 32 heavy (non-hydrogen) atoms. The summed E-state index contributed by atoms with van der Waals surface area (Å²) < 4.78 is 24.3. The van der Waals surface area contributed by atoms with Crippen LogP contribution in [0.25, 0.3) is 0 Å². The van der Waals surface area contributed by atoms with E-state index in [0.717, 1.165) is 51.4 Å². The van der Waals surface area contributed by atoms with Gasteiger partial charge in [-0.25, -0.2) is 13.2 Å². The minimum Gasteiger partial charge on any atom is -0.480 e. The number of rotatable bonds is 10. The smallest absolute Gasteiger partial charge is 0.326 e. The summed E-state index contributed by atoms with van der Waals surface area (Å²) in [5, 5.41) is 17.1. The van der Waals surface area contributed by atoms with E-state index in [1.165, 1.54) is 30.0 Å². The molecule has 9 heteroatoms. The Hall–Kier alpha value is -1.90. The van der Waals surface area contributed by atoms with Crippen molar-refractivity contribution in [3.05, 3.63) is 18.0 Å². The highest BCUT2D eigenvalue weighted by Gasteiger charge is 2.41. The van der Waals surface area contributed by atoms with Gasteiger partial charge in [0.15, 0.2) is 0 Å². The Kier molecular flexibility index (Phi) is 8.73. The molecule has 180 valence electrons. The molecular weight excluding hydrogens is 430 g/mol. The SMILES string of the molecule is CS(=O)(=O)CCCn1nccc1C(=O)N[C@H](C(=O)O)C(C1CCCCC1)C1CCCCC1. The third-order valence-corrected chi connectivity index (χ3v) is 8.19. The second-order valence-corrected chi connectivity index (χ2v) is 11.8. The Morgan fingerprint density at radius 1 is 1.09 bits per heavy atom. The zero-order valence-corrected chi connectivity index (χ0v) is 19.9. The zero-order valence-electron chi connectivity index (χ0n) is 19.0. The van der Waals surface area contributed by atoms with Crippen LogP contribution in [0.15, 0.2) is 12.3 Å². The largest absolute Gasteiger partial charge is 0.480 e. The maximum atomic E-state index is 13.1. The molecule has 1 atom stereocenters. The van der Waals surface area contributed by atoms with Gasteiger partial charge < -0.3 is 10.4 Å². The fourth-order valence-corrected chi connectivity index (χ4v) is 6.34. The zero-order chi connectivity index (χ0) is 23.1. The molecule has 0 unspecified atom stereocenters. The lowest BCUT2D eigenvalue weighted by Gasteiger charge is -2.41. The Labute approximate surface area is 191 Å². The average Bonchev–Trinajstić information content (AvgIpc) is 3.22. The second kappa shape index (κ2) is 11.3. The van der Waals surface area contributed by atoms with Crippen LogP contribution in [0.4, 0.5) is 0 Å². The molecule has 0 aliphatic heterocycles. The first-order valence-electron chi connectivity index (χ1n) is 12.0. The number of carbonyl (C=O) groups excluding carboxylic acids is 1. The highest BCUT2D eigenvalue weighted by molar-refractivity contribution is 7.90. The monoisotopic (exact) mass is 467 g/mol. The van der Waals surface area contributed by atoms with Crippen molar-refractivity contribution in [2.75, 3.05) is 12.0 Å². The van der Waals surface area contributed by atoms with Crippen LogP contribution in [0.2, 0.25) is 0 Å². The van der Waals surface area contributed by atoms with E-state index in [-0.39, 0.29) is 23.9 Å². The molecule has 1 aromatic heterocycles. The van der Waals surface area contributed by atoms with Crippen molar-refractivity contribution >= 4 is 21.7 Å². The maximum Gasteiger partial charge on any atom is 0.326 e. The van der Waals surface area contributed by atoms with E-state index in [4.69, 9.17) is 0 Å². The van der Waals surface area contributed by atoms with Crippen LogP contribution in [0.3, 0.4) is 0 Å². The lowest BCUT2D eigenvalue weighted by atomic mass is 9.66. The van der Waals surface area contributed by atoms with Crippen molar-refractivity contribution in [1.82, 2.24) is 15.1 Å². The Morgan fingerprint density at radius 2 is 1.66 bits per heavy atom. The predicted octanol–water partition coefficient (Wildman–Crippen LogP) is 3.28. The van der Waals surface area contributed by atoms with Gasteiger partial charge in [-0.1, -0.05) is 64.2 Å². The van der Waals surface area contributed by atoms with E-state index in [2.05, 4.69) is 10.4 Å².